The molecule has 2 aromatic rings. The molecule has 22 heavy (non-hydrogen) atoms. The maximum atomic E-state index is 12.1. The number of hydrogen-bond donors (Lipinski definition) is 2. The number of aromatic nitrogens is 2. The van der Waals surface area contributed by atoms with Crippen molar-refractivity contribution in [3.05, 3.63) is 53.2 Å². The van der Waals surface area contributed by atoms with Gasteiger partial charge in [-0.05, 0) is 43.9 Å². The monoisotopic (exact) mass is 319 g/mol. The molecule has 0 aliphatic rings. The Morgan fingerprint density at radius 2 is 2.00 bits per heavy atom. The van der Waals surface area contributed by atoms with Crippen molar-refractivity contribution in [1.82, 2.24) is 20.4 Å². The Bertz CT molecular complexity index is 603. The second-order valence-electron chi connectivity index (χ2n) is 5.07. The molecule has 2 N–H and O–H groups in total. The Hall–Kier alpha value is -2.18. The number of carbonyl (C=O) groups is 1. The molecule has 0 radical (unpaired) electrons. The van der Waals surface area contributed by atoms with Gasteiger partial charge in [-0.25, -0.2) is 4.79 Å². The molecule has 1 aromatic carbocycles. The van der Waals surface area contributed by atoms with Gasteiger partial charge in [0.05, 0.1) is 6.04 Å². The van der Waals surface area contributed by atoms with Crippen molar-refractivity contribution in [1.29, 1.82) is 0 Å². The minimum atomic E-state index is -0.331. The molecule has 1 atom stereocenters. The van der Waals surface area contributed by atoms with Crippen LogP contribution in [0.15, 0.2) is 42.6 Å². The lowest BCUT2D eigenvalue weighted by atomic mass is 10.1. The number of carbonyl (C=O) groups excluding carboxylic acids is 1. The van der Waals surface area contributed by atoms with Crippen LogP contribution < -0.4 is 10.6 Å². The molecule has 0 spiro atoms. The molecule has 1 heterocycles. The average Bonchev–Trinajstić information content (AvgIpc) is 2.48. The number of nitrogens with one attached hydrogen (secondary N) is 2. The third-order valence-corrected chi connectivity index (χ3v) is 3.19. The summed E-state index contributed by atoms with van der Waals surface area (Å²) in [4.78, 5) is 14.1. The second kappa shape index (κ2) is 7.72. The topological polar surface area (TPSA) is 70.2 Å². The molecule has 0 fully saturated rings. The summed E-state index contributed by atoms with van der Waals surface area (Å²) in [5.74, 6) is 0.403. The van der Waals surface area contributed by atoms with Crippen molar-refractivity contribution < 1.29 is 4.79 Å². The van der Waals surface area contributed by atoms with Crippen LogP contribution >= 0.6 is 11.6 Å². The zero-order valence-electron chi connectivity index (χ0n) is 12.5. The number of likely N-dealkylation sites (N-methyl/N-ethyl adjacent to an activating group) is 1. The molecule has 2 amide bonds. The van der Waals surface area contributed by atoms with Crippen LogP contribution in [0.25, 0.3) is 0 Å². The highest BCUT2D eigenvalue weighted by atomic mass is 35.5. The van der Waals surface area contributed by atoms with Crippen LogP contribution in [0, 0.1) is 0 Å². The Balaban J connectivity index is 2.06. The molecule has 0 bridgehead atoms. The van der Waals surface area contributed by atoms with E-state index >= 15 is 0 Å². The first kappa shape index (κ1) is 16.2. The maximum absolute atomic E-state index is 12.1. The fourth-order valence-corrected chi connectivity index (χ4v) is 2.10. The third-order valence-electron chi connectivity index (χ3n) is 2.94. The number of benzene rings is 1. The first-order valence-electron chi connectivity index (χ1n) is 6.80. The smallest absolute Gasteiger partial charge is 0.320 e. The zero-order valence-corrected chi connectivity index (χ0v) is 13.2. The quantitative estimate of drug-likeness (QED) is 0.888. The van der Waals surface area contributed by atoms with Gasteiger partial charge < -0.3 is 10.2 Å². The Kier molecular flexibility index (Phi) is 5.68. The fraction of sp³-hybridized carbons (Fsp3) is 0.267. The highest BCUT2D eigenvalue weighted by Gasteiger charge is 2.16. The molecular formula is C15H18ClN5O. The fourth-order valence-electron chi connectivity index (χ4n) is 1.97. The van der Waals surface area contributed by atoms with E-state index < -0.39 is 0 Å². The van der Waals surface area contributed by atoms with E-state index in [4.69, 9.17) is 11.6 Å². The highest BCUT2D eigenvalue weighted by Crippen LogP contribution is 2.17. The summed E-state index contributed by atoms with van der Waals surface area (Å²) in [6.07, 6.45) is 1.55. The molecule has 1 aromatic heterocycles. The number of halogens is 1. The Labute approximate surface area is 134 Å². The average molecular weight is 320 g/mol. The summed E-state index contributed by atoms with van der Waals surface area (Å²) in [6.45, 7) is 0.662. The second-order valence-corrected chi connectivity index (χ2v) is 5.51. The van der Waals surface area contributed by atoms with Crippen molar-refractivity contribution in [3.63, 3.8) is 0 Å². The van der Waals surface area contributed by atoms with E-state index in [1.54, 1.807) is 18.3 Å². The number of anilines is 1. The SMILES string of the molecule is CN(C)C[C@@H](NC(=O)Nc1cccnn1)c1ccc(Cl)cc1. The first-order valence-corrected chi connectivity index (χ1v) is 7.18. The van der Waals surface area contributed by atoms with E-state index in [2.05, 4.69) is 20.8 Å². The first-order chi connectivity index (χ1) is 10.5. The standard InChI is InChI=1S/C15H18ClN5O/c1-21(2)10-13(11-5-7-12(16)8-6-11)18-15(22)19-14-4-3-9-17-20-14/h3-9,13H,10H2,1-2H3,(H2,18,19,20,22)/t13-/m1/s1. The minimum Gasteiger partial charge on any atom is -0.330 e. The van der Waals surface area contributed by atoms with E-state index in [1.807, 2.05) is 43.3 Å². The van der Waals surface area contributed by atoms with Gasteiger partial charge in [0.25, 0.3) is 0 Å². The van der Waals surface area contributed by atoms with Crippen LogP contribution in [-0.2, 0) is 0 Å². The lowest BCUT2D eigenvalue weighted by Crippen LogP contribution is -2.38. The predicted octanol–water partition coefficient (Wildman–Crippen LogP) is 2.55. The van der Waals surface area contributed by atoms with Gasteiger partial charge in [-0.15, -0.1) is 5.10 Å². The molecular weight excluding hydrogens is 302 g/mol. The number of amides is 2. The summed E-state index contributed by atoms with van der Waals surface area (Å²) in [6, 6.07) is 10.3. The summed E-state index contributed by atoms with van der Waals surface area (Å²) in [7, 11) is 3.90. The third kappa shape index (κ3) is 4.98. The van der Waals surface area contributed by atoms with Crippen molar-refractivity contribution in [3.8, 4) is 0 Å². The largest absolute Gasteiger partial charge is 0.330 e. The van der Waals surface area contributed by atoms with Gasteiger partial charge in [-0.2, -0.15) is 5.10 Å². The van der Waals surface area contributed by atoms with Gasteiger partial charge in [-0.3, -0.25) is 5.32 Å². The summed E-state index contributed by atoms with van der Waals surface area (Å²) >= 11 is 5.91. The minimum absolute atomic E-state index is 0.163. The van der Waals surface area contributed by atoms with Crippen LogP contribution in [-0.4, -0.2) is 41.8 Å². The van der Waals surface area contributed by atoms with E-state index in [0.29, 0.717) is 17.4 Å². The molecule has 0 aliphatic heterocycles. The number of nitrogens with zero attached hydrogens (tertiary/aromatic N) is 3. The van der Waals surface area contributed by atoms with Crippen LogP contribution in [0.3, 0.4) is 0 Å². The lowest BCUT2D eigenvalue weighted by molar-refractivity contribution is 0.244. The summed E-state index contributed by atoms with van der Waals surface area (Å²) in [5.41, 5.74) is 0.979. The summed E-state index contributed by atoms with van der Waals surface area (Å²) in [5, 5.41) is 13.8. The Morgan fingerprint density at radius 1 is 1.27 bits per heavy atom. The molecule has 0 aliphatic carbocycles. The number of rotatable bonds is 5. The Morgan fingerprint density at radius 3 is 2.59 bits per heavy atom. The van der Waals surface area contributed by atoms with Crippen molar-refractivity contribution in [2.24, 2.45) is 0 Å². The van der Waals surface area contributed by atoms with Gasteiger partial charge in [0.15, 0.2) is 5.82 Å². The molecule has 116 valence electrons. The van der Waals surface area contributed by atoms with E-state index in [0.717, 1.165) is 5.56 Å². The van der Waals surface area contributed by atoms with E-state index in [-0.39, 0.29) is 12.1 Å². The highest BCUT2D eigenvalue weighted by molar-refractivity contribution is 6.30. The summed E-state index contributed by atoms with van der Waals surface area (Å²) < 4.78 is 0. The molecule has 7 heteroatoms. The van der Waals surface area contributed by atoms with Crippen LogP contribution in [0.1, 0.15) is 11.6 Å². The number of hydrogen-bond acceptors (Lipinski definition) is 4. The maximum Gasteiger partial charge on any atom is 0.320 e. The molecule has 0 unspecified atom stereocenters. The molecule has 0 saturated heterocycles. The van der Waals surface area contributed by atoms with Crippen molar-refractivity contribution >= 4 is 23.4 Å². The van der Waals surface area contributed by atoms with Gasteiger partial charge in [0.2, 0.25) is 0 Å². The van der Waals surface area contributed by atoms with Crippen molar-refractivity contribution in [2.75, 3.05) is 26.0 Å². The zero-order chi connectivity index (χ0) is 15.9. The van der Waals surface area contributed by atoms with E-state index in [9.17, 15) is 4.79 Å². The molecule has 2 rings (SSSR count). The van der Waals surface area contributed by atoms with Crippen LogP contribution in [0.2, 0.25) is 5.02 Å². The van der Waals surface area contributed by atoms with E-state index in [1.165, 1.54) is 0 Å². The van der Waals surface area contributed by atoms with Gasteiger partial charge in [-0.1, -0.05) is 23.7 Å². The predicted molar refractivity (Wildman–Crippen MR) is 86.9 cm³/mol. The van der Waals surface area contributed by atoms with Gasteiger partial charge >= 0.3 is 6.03 Å². The molecule has 0 saturated carbocycles. The molecule has 6 nitrogen and oxygen atoms in total. The van der Waals surface area contributed by atoms with Gasteiger partial charge in [0, 0.05) is 17.8 Å². The van der Waals surface area contributed by atoms with Gasteiger partial charge in [0.1, 0.15) is 0 Å². The normalized spacial score (nSPS) is 12.0. The number of urea groups is 1. The van der Waals surface area contributed by atoms with Crippen LogP contribution in [0.4, 0.5) is 10.6 Å². The van der Waals surface area contributed by atoms with Crippen LogP contribution in [0.5, 0.6) is 0 Å². The van der Waals surface area contributed by atoms with Crippen molar-refractivity contribution in [2.45, 2.75) is 6.04 Å². The lowest BCUT2D eigenvalue weighted by Gasteiger charge is -2.23.